The molecule has 0 bridgehead atoms. The molecule has 0 aliphatic rings. The normalized spacial score (nSPS) is 11.6. The van der Waals surface area contributed by atoms with E-state index in [4.69, 9.17) is 14.6 Å². The molecular weight excluding hydrogens is 284 g/mol. The van der Waals surface area contributed by atoms with Crippen molar-refractivity contribution in [3.63, 3.8) is 0 Å². The Bertz CT molecular complexity index is 364. The van der Waals surface area contributed by atoms with Crippen molar-refractivity contribution in [2.24, 2.45) is 0 Å². The van der Waals surface area contributed by atoms with Crippen molar-refractivity contribution >= 4 is 15.9 Å². The van der Waals surface area contributed by atoms with E-state index in [0.717, 1.165) is 22.2 Å². The highest BCUT2D eigenvalue weighted by atomic mass is 79.9. The minimum atomic E-state index is -0.169. The Labute approximate surface area is 111 Å². The van der Waals surface area contributed by atoms with Gasteiger partial charge in [-0.05, 0) is 47.5 Å². The molecule has 0 amide bonds. The van der Waals surface area contributed by atoms with Crippen LogP contribution in [0.1, 0.15) is 25.8 Å². The second kappa shape index (κ2) is 6.38. The molecule has 0 aliphatic heterocycles. The molecule has 1 N–H and O–H groups in total. The molecule has 0 heterocycles. The SMILES string of the molecule is COC(C)(C)CCOc1ccc(CO)cc1Br. The smallest absolute Gasteiger partial charge is 0.133 e. The van der Waals surface area contributed by atoms with Crippen LogP contribution in [0.15, 0.2) is 22.7 Å². The van der Waals surface area contributed by atoms with E-state index >= 15 is 0 Å². The number of hydrogen-bond donors (Lipinski definition) is 1. The summed E-state index contributed by atoms with van der Waals surface area (Å²) < 4.78 is 11.8. The van der Waals surface area contributed by atoms with Crippen molar-refractivity contribution in [1.29, 1.82) is 0 Å². The molecule has 1 aromatic rings. The topological polar surface area (TPSA) is 38.7 Å². The van der Waals surface area contributed by atoms with Gasteiger partial charge < -0.3 is 14.6 Å². The number of rotatable bonds is 6. The van der Waals surface area contributed by atoms with Crippen LogP contribution in [0.5, 0.6) is 5.75 Å². The third-order valence-electron chi connectivity index (χ3n) is 2.69. The minimum absolute atomic E-state index is 0.0373. The maximum Gasteiger partial charge on any atom is 0.133 e. The average molecular weight is 303 g/mol. The van der Waals surface area contributed by atoms with Crippen LogP contribution in [0, 0.1) is 0 Å². The first-order valence-electron chi connectivity index (χ1n) is 5.56. The van der Waals surface area contributed by atoms with E-state index in [0.29, 0.717) is 6.61 Å². The van der Waals surface area contributed by atoms with E-state index in [-0.39, 0.29) is 12.2 Å². The van der Waals surface area contributed by atoms with Crippen LogP contribution < -0.4 is 4.74 Å². The molecule has 0 radical (unpaired) electrons. The van der Waals surface area contributed by atoms with E-state index in [1.165, 1.54) is 0 Å². The molecule has 0 aliphatic carbocycles. The van der Waals surface area contributed by atoms with Crippen molar-refractivity contribution < 1.29 is 14.6 Å². The lowest BCUT2D eigenvalue weighted by molar-refractivity contribution is 0.00539. The zero-order valence-electron chi connectivity index (χ0n) is 10.5. The summed E-state index contributed by atoms with van der Waals surface area (Å²) in [6.45, 7) is 4.69. The highest BCUT2D eigenvalue weighted by Gasteiger charge is 2.16. The number of ether oxygens (including phenoxy) is 2. The summed E-state index contributed by atoms with van der Waals surface area (Å²) in [6, 6.07) is 5.56. The van der Waals surface area contributed by atoms with Crippen LogP contribution in [0.2, 0.25) is 0 Å². The second-order valence-electron chi connectivity index (χ2n) is 4.49. The molecule has 0 unspecified atom stereocenters. The molecule has 1 rings (SSSR count). The Balaban J connectivity index is 2.52. The highest BCUT2D eigenvalue weighted by Crippen LogP contribution is 2.26. The largest absolute Gasteiger partial charge is 0.492 e. The van der Waals surface area contributed by atoms with E-state index in [2.05, 4.69) is 15.9 Å². The standard InChI is InChI=1S/C13H19BrO3/c1-13(2,16-3)6-7-17-12-5-4-10(9-15)8-11(12)14/h4-5,8,15H,6-7,9H2,1-3H3. The first kappa shape index (κ1) is 14.5. The third kappa shape index (κ3) is 4.66. The fourth-order valence-electron chi connectivity index (χ4n) is 1.27. The zero-order valence-corrected chi connectivity index (χ0v) is 12.1. The Morgan fingerprint density at radius 3 is 2.59 bits per heavy atom. The number of aliphatic hydroxyl groups is 1. The first-order valence-corrected chi connectivity index (χ1v) is 6.35. The lowest BCUT2D eigenvalue weighted by Crippen LogP contribution is -2.25. The van der Waals surface area contributed by atoms with Gasteiger partial charge in [0.15, 0.2) is 0 Å². The zero-order chi connectivity index (χ0) is 12.9. The summed E-state index contributed by atoms with van der Waals surface area (Å²) in [5.74, 6) is 0.786. The second-order valence-corrected chi connectivity index (χ2v) is 5.34. The summed E-state index contributed by atoms with van der Waals surface area (Å²) in [7, 11) is 1.70. The number of halogens is 1. The molecule has 17 heavy (non-hydrogen) atoms. The van der Waals surface area contributed by atoms with Crippen LogP contribution in [0.3, 0.4) is 0 Å². The van der Waals surface area contributed by atoms with Gasteiger partial charge in [0.1, 0.15) is 5.75 Å². The van der Waals surface area contributed by atoms with Crippen molar-refractivity contribution in [3.05, 3.63) is 28.2 Å². The summed E-state index contributed by atoms with van der Waals surface area (Å²) in [5, 5.41) is 8.99. The summed E-state index contributed by atoms with van der Waals surface area (Å²) in [6.07, 6.45) is 0.817. The molecule has 0 aromatic heterocycles. The summed E-state index contributed by atoms with van der Waals surface area (Å²) in [5.41, 5.74) is 0.693. The molecule has 0 saturated carbocycles. The number of aliphatic hydroxyl groups excluding tert-OH is 1. The van der Waals surface area contributed by atoms with Crippen molar-refractivity contribution in [2.45, 2.75) is 32.5 Å². The van der Waals surface area contributed by atoms with E-state index in [9.17, 15) is 0 Å². The maximum atomic E-state index is 8.99. The van der Waals surface area contributed by atoms with E-state index < -0.39 is 0 Å². The van der Waals surface area contributed by atoms with Gasteiger partial charge in [0.25, 0.3) is 0 Å². The molecule has 0 atom stereocenters. The molecule has 3 nitrogen and oxygen atoms in total. The molecule has 0 spiro atoms. The minimum Gasteiger partial charge on any atom is -0.492 e. The maximum absolute atomic E-state index is 8.99. The Morgan fingerprint density at radius 1 is 1.35 bits per heavy atom. The monoisotopic (exact) mass is 302 g/mol. The van der Waals surface area contributed by atoms with Gasteiger partial charge in [0, 0.05) is 13.5 Å². The van der Waals surface area contributed by atoms with Crippen LogP contribution in [-0.4, -0.2) is 24.4 Å². The van der Waals surface area contributed by atoms with E-state index in [1.807, 2.05) is 32.0 Å². The molecule has 96 valence electrons. The van der Waals surface area contributed by atoms with Crippen LogP contribution >= 0.6 is 15.9 Å². The van der Waals surface area contributed by atoms with Gasteiger partial charge in [0.05, 0.1) is 23.3 Å². The quantitative estimate of drug-likeness (QED) is 0.877. The Kier molecular flexibility index (Phi) is 5.43. The van der Waals surface area contributed by atoms with Crippen LogP contribution in [0.25, 0.3) is 0 Å². The van der Waals surface area contributed by atoms with Crippen molar-refractivity contribution in [1.82, 2.24) is 0 Å². The third-order valence-corrected chi connectivity index (χ3v) is 3.31. The van der Waals surface area contributed by atoms with Crippen LogP contribution in [-0.2, 0) is 11.3 Å². The fraction of sp³-hybridized carbons (Fsp3) is 0.538. The predicted molar refractivity (Wildman–Crippen MR) is 71.3 cm³/mol. The molecular formula is C13H19BrO3. The molecule has 0 fully saturated rings. The highest BCUT2D eigenvalue weighted by molar-refractivity contribution is 9.10. The van der Waals surface area contributed by atoms with Crippen molar-refractivity contribution in [3.8, 4) is 5.75 Å². The summed E-state index contributed by atoms with van der Waals surface area (Å²) >= 11 is 3.42. The number of hydrogen-bond acceptors (Lipinski definition) is 3. The Morgan fingerprint density at radius 2 is 2.06 bits per heavy atom. The molecule has 1 aromatic carbocycles. The average Bonchev–Trinajstić information content (AvgIpc) is 2.31. The van der Waals surface area contributed by atoms with Gasteiger partial charge in [0.2, 0.25) is 0 Å². The predicted octanol–water partition coefficient (Wildman–Crippen LogP) is 3.14. The summed E-state index contributed by atoms with van der Waals surface area (Å²) in [4.78, 5) is 0. The number of benzene rings is 1. The molecule has 4 heteroatoms. The molecule has 0 saturated heterocycles. The fourth-order valence-corrected chi connectivity index (χ4v) is 1.81. The van der Waals surface area contributed by atoms with Gasteiger partial charge >= 0.3 is 0 Å². The lowest BCUT2D eigenvalue weighted by atomic mass is 10.1. The lowest BCUT2D eigenvalue weighted by Gasteiger charge is -2.22. The van der Waals surface area contributed by atoms with Gasteiger partial charge in [-0.25, -0.2) is 0 Å². The van der Waals surface area contributed by atoms with Gasteiger partial charge in [-0.2, -0.15) is 0 Å². The van der Waals surface area contributed by atoms with Crippen LogP contribution in [0.4, 0.5) is 0 Å². The number of methoxy groups -OCH3 is 1. The first-order chi connectivity index (χ1) is 7.98. The van der Waals surface area contributed by atoms with Gasteiger partial charge in [-0.3, -0.25) is 0 Å². The van der Waals surface area contributed by atoms with Gasteiger partial charge in [-0.1, -0.05) is 6.07 Å². The van der Waals surface area contributed by atoms with Gasteiger partial charge in [-0.15, -0.1) is 0 Å². The Hall–Kier alpha value is -0.580. The van der Waals surface area contributed by atoms with E-state index in [1.54, 1.807) is 7.11 Å². The van der Waals surface area contributed by atoms with Crippen molar-refractivity contribution in [2.75, 3.05) is 13.7 Å².